The number of anilines is 3. The van der Waals surface area contributed by atoms with E-state index in [1.54, 1.807) is 6.07 Å². The highest BCUT2D eigenvalue weighted by molar-refractivity contribution is 5.85. The molecular formula is C26H25ClF6N8O. The highest BCUT2D eigenvalue weighted by Gasteiger charge is 2.44. The van der Waals surface area contributed by atoms with Gasteiger partial charge < -0.3 is 20.7 Å². The number of ether oxygens (including phenoxy) is 1. The van der Waals surface area contributed by atoms with Crippen molar-refractivity contribution in [1.29, 1.82) is 0 Å². The van der Waals surface area contributed by atoms with Crippen molar-refractivity contribution in [3.8, 4) is 28.3 Å². The number of nitrogens with zero attached hydrogens (tertiary/aromatic N) is 6. The number of pyridine rings is 1. The number of benzene rings is 1. The summed E-state index contributed by atoms with van der Waals surface area (Å²) >= 11 is 0. The fourth-order valence-corrected chi connectivity index (χ4v) is 4.72. The quantitative estimate of drug-likeness (QED) is 0.251. The smallest absolute Gasteiger partial charge is 0.393 e. The first-order valence-corrected chi connectivity index (χ1v) is 12.4. The molecule has 224 valence electrons. The van der Waals surface area contributed by atoms with Crippen molar-refractivity contribution in [3.63, 3.8) is 0 Å². The van der Waals surface area contributed by atoms with Crippen molar-refractivity contribution in [2.24, 2.45) is 11.7 Å². The third-order valence-corrected chi connectivity index (χ3v) is 6.61. The lowest BCUT2D eigenvalue weighted by Gasteiger charge is -2.39. The van der Waals surface area contributed by atoms with Crippen molar-refractivity contribution in [2.75, 3.05) is 30.4 Å². The summed E-state index contributed by atoms with van der Waals surface area (Å²) in [4.78, 5) is 14.3. The molecular weight excluding hydrogens is 590 g/mol. The van der Waals surface area contributed by atoms with Crippen molar-refractivity contribution in [3.05, 3.63) is 60.9 Å². The predicted molar refractivity (Wildman–Crippen MR) is 146 cm³/mol. The lowest BCUT2D eigenvalue weighted by Crippen LogP contribution is -2.51. The zero-order chi connectivity index (χ0) is 29.3. The predicted octanol–water partition coefficient (Wildman–Crippen LogP) is 5.83. The fourth-order valence-electron chi connectivity index (χ4n) is 4.72. The van der Waals surface area contributed by atoms with Crippen LogP contribution in [0.15, 0.2) is 55.1 Å². The Morgan fingerprint density at radius 1 is 1.10 bits per heavy atom. The first-order chi connectivity index (χ1) is 19.5. The molecule has 16 heteroatoms. The van der Waals surface area contributed by atoms with Gasteiger partial charge in [0.25, 0.3) is 0 Å². The second kappa shape index (κ2) is 12.4. The Kier molecular flexibility index (Phi) is 9.11. The molecule has 0 unspecified atom stereocenters. The number of alkyl halides is 5. The Morgan fingerprint density at radius 3 is 2.57 bits per heavy atom. The fraction of sp³-hybridized carbons (Fsp3) is 0.308. The van der Waals surface area contributed by atoms with Gasteiger partial charge >= 0.3 is 12.7 Å². The van der Waals surface area contributed by atoms with Gasteiger partial charge in [-0.25, -0.2) is 24.0 Å². The summed E-state index contributed by atoms with van der Waals surface area (Å²) in [5.41, 5.74) is 6.85. The average molecular weight is 615 g/mol. The van der Waals surface area contributed by atoms with Gasteiger partial charge in [0.15, 0.2) is 5.82 Å². The lowest BCUT2D eigenvalue weighted by molar-refractivity contribution is -0.177. The zero-order valence-corrected chi connectivity index (χ0v) is 22.7. The molecule has 0 spiro atoms. The van der Waals surface area contributed by atoms with E-state index in [9.17, 15) is 26.3 Å². The monoisotopic (exact) mass is 614 g/mol. The largest absolute Gasteiger partial charge is 0.496 e. The molecule has 3 N–H and O–H groups in total. The summed E-state index contributed by atoms with van der Waals surface area (Å²) < 4.78 is 87.7. The highest BCUT2D eigenvalue weighted by Crippen LogP contribution is 2.39. The van der Waals surface area contributed by atoms with Gasteiger partial charge in [-0.2, -0.15) is 27.1 Å². The van der Waals surface area contributed by atoms with Crippen LogP contribution in [0.25, 0.3) is 22.5 Å². The maximum absolute atomic E-state index is 14.6. The normalized spacial score (nSPS) is 17.2. The van der Waals surface area contributed by atoms with Crippen molar-refractivity contribution in [2.45, 2.75) is 25.2 Å². The molecule has 1 aliphatic heterocycles. The zero-order valence-electron chi connectivity index (χ0n) is 21.9. The molecule has 0 aliphatic carbocycles. The third-order valence-electron chi connectivity index (χ3n) is 6.61. The Labute approximate surface area is 242 Å². The molecule has 1 fully saturated rings. The molecule has 2 atom stereocenters. The number of nitrogens with two attached hydrogens (primary N) is 1. The van der Waals surface area contributed by atoms with E-state index >= 15 is 0 Å². The number of rotatable bonds is 7. The Morgan fingerprint density at radius 2 is 1.88 bits per heavy atom. The standard InChI is InChI=1S/C26H24F6N8O.ClH/c1-41-20-4-2-3-18(27)23(20)24-34-6-5-21(38-24)37-22-8-19(39-12-15(26(30,31)32)7-16(33)13-39)17(10-35-22)14-9-36-40(11-14)25(28)29;/h2-6,8-11,15-16,25H,7,12-13,33H2,1H3,(H,34,35,37,38);1H/t15-,16+;/m1./s1. The van der Waals surface area contributed by atoms with Crippen LogP contribution in [0.2, 0.25) is 0 Å². The third kappa shape index (κ3) is 6.51. The Balaban J connectivity index is 0.00000405. The highest BCUT2D eigenvalue weighted by atomic mass is 35.5. The van der Waals surface area contributed by atoms with Gasteiger partial charge in [-0.15, -0.1) is 12.4 Å². The van der Waals surface area contributed by atoms with Gasteiger partial charge in [-0.05, 0) is 24.6 Å². The van der Waals surface area contributed by atoms with Crippen molar-refractivity contribution < 1.29 is 31.1 Å². The number of halogens is 7. The lowest BCUT2D eigenvalue weighted by atomic mass is 9.93. The van der Waals surface area contributed by atoms with E-state index in [4.69, 9.17) is 10.5 Å². The van der Waals surface area contributed by atoms with E-state index in [-0.39, 0.29) is 77.5 Å². The number of nitrogens with one attached hydrogen (secondary N) is 1. The Bertz CT molecular complexity index is 1530. The topological polar surface area (TPSA) is 107 Å². The summed E-state index contributed by atoms with van der Waals surface area (Å²) in [6.07, 6.45) is 0.289. The Hall–Kier alpha value is -4.11. The minimum absolute atomic E-state index is 0. The van der Waals surface area contributed by atoms with Gasteiger partial charge in [0.05, 0.1) is 30.5 Å². The number of hydrogen-bond donors (Lipinski definition) is 2. The van der Waals surface area contributed by atoms with Gasteiger partial charge in [0.2, 0.25) is 0 Å². The van der Waals surface area contributed by atoms with Crippen LogP contribution in [0, 0.1) is 11.7 Å². The van der Waals surface area contributed by atoms with Gasteiger partial charge in [0, 0.05) is 54.9 Å². The summed E-state index contributed by atoms with van der Waals surface area (Å²) in [6.45, 7) is -3.20. The maximum Gasteiger partial charge on any atom is 0.393 e. The summed E-state index contributed by atoms with van der Waals surface area (Å²) in [6, 6.07) is 6.47. The minimum atomic E-state index is -4.48. The second-order valence-electron chi connectivity index (χ2n) is 9.42. The molecule has 5 rings (SSSR count). The molecule has 0 saturated carbocycles. The van der Waals surface area contributed by atoms with E-state index in [1.165, 1.54) is 54.9 Å². The van der Waals surface area contributed by atoms with Crippen LogP contribution in [0.3, 0.4) is 0 Å². The molecule has 1 aliphatic rings. The first-order valence-electron chi connectivity index (χ1n) is 12.4. The number of aromatic nitrogens is 5. The summed E-state index contributed by atoms with van der Waals surface area (Å²) in [5.74, 6) is -1.66. The molecule has 0 radical (unpaired) electrons. The molecule has 0 amide bonds. The van der Waals surface area contributed by atoms with E-state index in [0.29, 0.717) is 4.68 Å². The van der Waals surface area contributed by atoms with Crippen LogP contribution in [-0.2, 0) is 0 Å². The molecule has 1 saturated heterocycles. The van der Waals surface area contributed by atoms with Crippen LogP contribution >= 0.6 is 12.4 Å². The number of piperidine rings is 1. The average Bonchev–Trinajstić information content (AvgIpc) is 3.43. The van der Waals surface area contributed by atoms with Crippen LogP contribution < -0.4 is 20.7 Å². The molecule has 0 bridgehead atoms. The molecule has 42 heavy (non-hydrogen) atoms. The van der Waals surface area contributed by atoms with Gasteiger partial charge in [-0.1, -0.05) is 6.07 Å². The number of hydrogen-bond acceptors (Lipinski definition) is 8. The molecule has 4 heterocycles. The summed E-state index contributed by atoms with van der Waals surface area (Å²) in [7, 11) is 1.38. The SMILES string of the molecule is COc1cccc(F)c1-c1nccc(Nc2cc(N3C[C@@H](N)C[C@@H](C(F)(F)F)C3)c(-c3cnn(C(F)F)c3)cn2)n1.Cl. The van der Waals surface area contributed by atoms with Crippen LogP contribution in [0.4, 0.5) is 43.7 Å². The van der Waals surface area contributed by atoms with Gasteiger partial charge in [-0.3, -0.25) is 0 Å². The van der Waals surface area contributed by atoms with E-state index in [0.717, 1.165) is 6.20 Å². The molecule has 1 aromatic carbocycles. The first kappa shape index (κ1) is 30.8. The van der Waals surface area contributed by atoms with Crippen molar-refractivity contribution >= 4 is 29.7 Å². The minimum Gasteiger partial charge on any atom is -0.496 e. The van der Waals surface area contributed by atoms with E-state index < -0.39 is 30.5 Å². The molecule has 3 aromatic heterocycles. The summed E-state index contributed by atoms with van der Waals surface area (Å²) in [5, 5.41) is 6.60. The van der Waals surface area contributed by atoms with Crippen LogP contribution in [-0.4, -0.2) is 57.1 Å². The van der Waals surface area contributed by atoms with E-state index in [1.807, 2.05) is 0 Å². The van der Waals surface area contributed by atoms with Crippen LogP contribution in [0.5, 0.6) is 5.75 Å². The second-order valence-corrected chi connectivity index (χ2v) is 9.42. The molecule has 4 aromatic rings. The van der Waals surface area contributed by atoms with Gasteiger partial charge in [0.1, 0.15) is 23.2 Å². The van der Waals surface area contributed by atoms with Crippen LogP contribution in [0.1, 0.15) is 13.0 Å². The van der Waals surface area contributed by atoms with E-state index in [2.05, 4.69) is 25.4 Å². The maximum atomic E-state index is 14.6. The molecule has 9 nitrogen and oxygen atoms in total. The number of methoxy groups -OCH3 is 1. The van der Waals surface area contributed by atoms with Crippen molar-refractivity contribution in [1.82, 2.24) is 24.7 Å².